The molecule has 12 rings (SSSR count). The second kappa shape index (κ2) is 12.7. The molecule has 0 bridgehead atoms. The van der Waals surface area contributed by atoms with Gasteiger partial charge in [0.25, 0.3) is 0 Å². The van der Waals surface area contributed by atoms with Gasteiger partial charge in [-0.1, -0.05) is 140 Å². The lowest BCUT2D eigenvalue weighted by atomic mass is 10.0. The van der Waals surface area contributed by atoms with Gasteiger partial charge in [-0.25, -0.2) is 0 Å². The molecule has 0 unspecified atom stereocenters. The highest BCUT2D eigenvalue weighted by Gasteiger charge is 2.19. The Bertz CT molecular complexity index is 3380. The predicted octanol–water partition coefficient (Wildman–Crippen LogP) is 15.2. The van der Waals surface area contributed by atoms with Gasteiger partial charge in [0.1, 0.15) is 0 Å². The molecule has 0 saturated heterocycles. The van der Waals surface area contributed by atoms with E-state index in [2.05, 4.69) is 215 Å². The molecule has 0 aliphatic rings. The molecular formula is C54H34N2S. The van der Waals surface area contributed by atoms with Crippen molar-refractivity contribution in [1.82, 2.24) is 9.13 Å². The van der Waals surface area contributed by atoms with Crippen LogP contribution in [0.25, 0.3) is 109 Å². The lowest BCUT2D eigenvalue weighted by molar-refractivity contribution is 1.18. The molecule has 0 aliphatic heterocycles. The quantitative estimate of drug-likeness (QED) is 0.166. The molecular weight excluding hydrogens is 709 g/mol. The zero-order valence-electron chi connectivity index (χ0n) is 30.9. The Morgan fingerprint density at radius 1 is 0.281 bits per heavy atom. The zero-order valence-corrected chi connectivity index (χ0v) is 31.7. The SMILES string of the molecule is c1ccc(-c2ccc3c(c2)c2cc(-c4ccccc4)ccc2n3-c2ccc(-c3ccc(-n4c5ccccc5c5ccc6sc7ccccc7c6c54)cc3)cc2)cc1. The monoisotopic (exact) mass is 742 g/mol. The number of para-hydroxylation sites is 1. The van der Waals surface area contributed by atoms with Gasteiger partial charge < -0.3 is 9.13 Å². The molecule has 3 aromatic heterocycles. The smallest absolute Gasteiger partial charge is 0.0634 e. The first-order valence-electron chi connectivity index (χ1n) is 19.5. The number of hydrogen-bond acceptors (Lipinski definition) is 1. The molecule has 57 heavy (non-hydrogen) atoms. The molecule has 266 valence electrons. The van der Waals surface area contributed by atoms with Crippen molar-refractivity contribution in [3.05, 3.63) is 206 Å². The maximum Gasteiger partial charge on any atom is 0.0634 e. The first-order chi connectivity index (χ1) is 28.3. The van der Waals surface area contributed by atoms with Crippen molar-refractivity contribution >= 4 is 75.1 Å². The van der Waals surface area contributed by atoms with Gasteiger partial charge >= 0.3 is 0 Å². The summed E-state index contributed by atoms with van der Waals surface area (Å²) in [6.07, 6.45) is 0. The number of hydrogen-bond donors (Lipinski definition) is 0. The van der Waals surface area contributed by atoms with Gasteiger partial charge in [0.05, 0.1) is 22.1 Å². The van der Waals surface area contributed by atoms with E-state index >= 15 is 0 Å². The van der Waals surface area contributed by atoms with Crippen molar-refractivity contribution in [2.75, 3.05) is 0 Å². The lowest BCUT2D eigenvalue weighted by Crippen LogP contribution is -1.95. The topological polar surface area (TPSA) is 9.86 Å². The summed E-state index contributed by atoms with van der Waals surface area (Å²) >= 11 is 1.88. The van der Waals surface area contributed by atoms with E-state index in [0.29, 0.717) is 0 Å². The number of thiophene rings is 1. The molecule has 9 aromatic carbocycles. The average Bonchev–Trinajstić information content (AvgIpc) is 3.94. The maximum atomic E-state index is 2.47. The van der Waals surface area contributed by atoms with E-state index in [-0.39, 0.29) is 0 Å². The standard InChI is InChI=1S/C54H34N2S/c1-3-11-35(12-4-1)39-23-30-49-46(33-39)47-34-40(36-13-5-2-6-14-36)24-31-50(47)55(49)41-25-19-37(20-26-41)38-21-27-42(28-22-38)56-48-17-9-7-15-43(48)44-29-32-52-53(54(44)56)45-16-8-10-18-51(45)57-52/h1-34H. The highest BCUT2D eigenvalue weighted by Crippen LogP contribution is 2.43. The minimum atomic E-state index is 1.15. The fourth-order valence-corrected chi connectivity index (χ4v) is 10.2. The molecule has 0 amide bonds. The van der Waals surface area contributed by atoms with E-state index in [0.717, 1.165) is 5.69 Å². The van der Waals surface area contributed by atoms with Crippen molar-refractivity contribution in [2.45, 2.75) is 0 Å². The van der Waals surface area contributed by atoms with Gasteiger partial charge in [-0.3, -0.25) is 0 Å². The van der Waals surface area contributed by atoms with Gasteiger partial charge in [-0.15, -0.1) is 11.3 Å². The fourth-order valence-electron chi connectivity index (χ4n) is 9.06. The average molecular weight is 743 g/mol. The number of rotatable bonds is 5. The number of aromatic nitrogens is 2. The Morgan fingerprint density at radius 2 is 0.754 bits per heavy atom. The Kier molecular flexibility index (Phi) is 7.13. The van der Waals surface area contributed by atoms with Gasteiger partial charge in [-0.2, -0.15) is 0 Å². The Morgan fingerprint density at radius 3 is 1.37 bits per heavy atom. The second-order valence-corrected chi connectivity index (χ2v) is 16.0. The van der Waals surface area contributed by atoms with Crippen molar-refractivity contribution < 1.29 is 0 Å². The molecule has 0 N–H and O–H groups in total. The fraction of sp³-hybridized carbons (Fsp3) is 0. The summed E-state index contributed by atoms with van der Waals surface area (Å²) < 4.78 is 7.53. The highest BCUT2D eigenvalue weighted by atomic mass is 32.1. The minimum Gasteiger partial charge on any atom is -0.309 e. The van der Waals surface area contributed by atoms with Crippen LogP contribution >= 0.6 is 11.3 Å². The van der Waals surface area contributed by atoms with E-state index in [1.165, 1.54) is 103 Å². The summed E-state index contributed by atoms with van der Waals surface area (Å²) in [5.74, 6) is 0. The van der Waals surface area contributed by atoms with Gasteiger partial charge in [0.15, 0.2) is 0 Å². The van der Waals surface area contributed by atoms with E-state index in [4.69, 9.17) is 0 Å². The van der Waals surface area contributed by atoms with E-state index in [1.807, 2.05) is 11.3 Å². The van der Waals surface area contributed by atoms with Crippen LogP contribution in [0.3, 0.4) is 0 Å². The number of nitrogens with zero attached hydrogens (tertiary/aromatic N) is 2. The molecule has 0 radical (unpaired) electrons. The van der Waals surface area contributed by atoms with Gasteiger partial charge in [-0.05, 0) is 100 Å². The number of benzene rings is 9. The molecule has 0 fully saturated rings. The predicted molar refractivity (Wildman–Crippen MR) is 244 cm³/mol. The first-order valence-corrected chi connectivity index (χ1v) is 20.3. The van der Waals surface area contributed by atoms with Crippen LogP contribution in [-0.2, 0) is 0 Å². The van der Waals surface area contributed by atoms with Crippen LogP contribution in [0, 0.1) is 0 Å². The van der Waals surface area contributed by atoms with Crippen molar-refractivity contribution in [2.24, 2.45) is 0 Å². The normalized spacial score (nSPS) is 11.9. The van der Waals surface area contributed by atoms with Gasteiger partial charge in [0, 0.05) is 53.1 Å². The first kappa shape index (κ1) is 32.1. The van der Waals surface area contributed by atoms with Crippen LogP contribution in [0.15, 0.2) is 206 Å². The highest BCUT2D eigenvalue weighted by molar-refractivity contribution is 7.26. The third-order valence-corrected chi connectivity index (χ3v) is 12.9. The largest absolute Gasteiger partial charge is 0.309 e. The summed E-state index contributed by atoms with van der Waals surface area (Å²) in [4.78, 5) is 0. The maximum absolute atomic E-state index is 2.47. The van der Waals surface area contributed by atoms with Crippen LogP contribution in [0.1, 0.15) is 0 Å². The molecule has 2 nitrogen and oxygen atoms in total. The second-order valence-electron chi connectivity index (χ2n) is 14.9. The van der Waals surface area contributed by atoms with E-state index in [9.17, 15) is 0 Å². The van der Waals surface area contributed by atoms with Crippen molar-refractivity contribution in [3.63, 3.8) is 0 Å². The molecule has 0 spiro atoms. The summed E-state index contributed by atoms with van der Waals surface area (Å²) in [5, 5.41) is 7.73. The van der Waals surface area contributed by atoms with Crippen LogP contribution in [0.5, 0.6) is 0 Å². The number of fused-ring (bicyclic) bond motifs is 10. The summed E-state index contributed by atoms with van der Waals surface area (Å²) in [6.45, 7) is 0. The van der Waals surface area contributed by atoms with Crippen LogP contribution in [0.4, 0.5) is 0 Å². The Balaban J connectivity index is 0.961. The minimum absolute atomic E-state index is 1.15. The molecule has 12 aromatic rings. The van der Waals surface area contributed by atoms with Gasteiger partial charge in [0.2, 0.25) is 0 Å². The third-order valence-electron chi connectivity index (χ3n) is 11.7. The molecule has 3 heteroatoms. The zero-order chi connectivity index (χ0) is 37.5. The summed E-state index contributed by atoms with van der Waals surface area (Å²) in [7, 11) is 0. The Hall–Kier alpha value is -7.20. The van der Waals surface area contributed by atoms with Crippen LogP contribution in [0.2, 0.25) is 0 Å². The van der Waals surface area contributed by atoms with E-state index < -0.39 is 0 Å². The third kappa shape index (κ3) is 5.03. The van der Waals surface area contributed by atoms with Crippen LogP contribution < -0.4 is 0 Å². The molecule has 0 aliphatic carbocycles. The summed E-state index contributed by atoms with van der Waals surface area (Å²) in [6, 6.07) is 75.5. The molecule has 0 saturated carbocycles. The summed E-state index contributed by atoms with van der Waals surface area (Å²) in [5.41, 5.74) is 14.5. The lowest BCUT2D eigenvalue weighted by Gasteiger charge is -2.12. The van der Waals surface area contributed by atoms with Crippen molar-refractivity contribution in [3.8, 4) is 44.8 Å². The molecule has 0 atom stereocenters. The van der Waals surface area contributed by atoms with Crippen molar-refractivity contribution in [1.29, 1.82) is 0 Å². The van der Waals surface area contributed by atoms with E-state index in [1.54, 1.807) is 0 Å². The Labute approximate surface area is 333 Å². The molecule has 3 heterocycles. The van der Waals surface area contributed by atoms with Crippen LogP contribution in [-0.4, -0.2) is 9.13 Å².